The molecular formula is C44H52N8O2. The van der Waals surface area contributed by atoms with Crippen molar-refractivity contribution in [1.29, 1.82) is 0 Å². The summed E-state index contributed by atoms with van der Waals surface area (Å²) < 4.78 is 0. The fourth-order valence-electron chi connectivity index (χ4n) is 6.29. The first-order valence-corrected chi connectivity index (χ1v) is 19.1. The predicted molar refractivity (Wildman–Crippen MR) is 221 cm³/mol. The summed E-state index contributed by atoms with van der Waals surface area (Å²) in [6.45, 7) is 10.2. The van der Waals surface area contributed by atoms with Crippen LogP contribution in [0.15, 0.2) is 141 Å². The first kappa shape index (κ1) is 39.3. The normalized spacial score (nSPS) is 16.7. The van der Waals surface area contributed by atoms with Gasteiger partial charge in [-0.05, 0) is 53.4 Å². The van der Waals surface area contributed by atoms with Gasteiger partial charge < -0.3 is 9.80 Å². The van der Waals surface area contributed by atoms with Crippen molar-refractivity contribution in [2.45, 2.75) is 65.5 Å². The Labute approximate surface area is 319 Å². The van der Waals surface area contributed by atoms with E-state index in [4.69, 9.17) is 20.0 Å². The molecule has 0 unspecified atom stereocenters. The number of carbonyl (C=O) groups is 2. The zero-order valence-corrected chi connectivity index (χ0v) is 31.9. The van der Waals surface area contributed by atoms with Gasteiger partial charge in [0.25, 0.3) is 0 Å². The molecule has 0 aliphatic heterocycles. The Morgan fingerprint density at radius 2 is 0.759 bits per heavy atom. The van der Waals surface area contributed by atoms with Crippen molar-refractivity contribution < 1.29 is 9.59 Å². The van der Waals surface area contributed by atoms with Crippen LogP contribution in [0.25, 0.3) is 0 Å². The zero-order chi connectivity index (χ0) is 38.1. The van der Waals surface area contributed by atoms with E-state index in [0.29, 0.717) is 49.5 Å². The number of benzene rings is 4. The van der Waals surface area contributed by atoms with E-state index >= 15 is 0 Å². The average Bonchev–Trinajstić information content (AvgIpc) is 3.22. The Morgan fingerprint density at radius 1 is 0.481 bits per heavy atom. The molecule has 0 bridgehead atoms. The van der Waals surface area contributed by atoms with Crippen molar-refractivity contribution in [3.05, 3.63) is 144 Å². The Balaban J connectivity index is 1.45. The van der Waals surface area contributed by atoms with E-state index in [1.807, 2.05) is 149 Å². The molecule has 54 heavy (non-hydrogen) atoms. The van der Waals surface area contributed by atoms with E-state index in [2.05, 4.69) is 10.6 Å². The molecule has 0 radical (unpaired) electrons. The quantitative estimate of drug-likeness (QED) is 0.127. The van der Waals surface area contributed by atoms with Crippen LogP contribution in [0.4, 0.5) is 9.59 Å². The minimum absolute atomic E-state index is 0.0165. The van der Waals surface area contributed by atoms with Gasteiger partial charge in [0.2, 0.25) is 0 Å². The Morgan fingerprint density at radius 3 is 1.04 bits per heavy atom. The fraction of sp³-hybridized carbons (Fsp3) is 0.318. The molecule has 1 saturated carbocycles. The summed E-state index contributed by atoms with van der Waals surface area (Å²) in [6.07, 6.45) is 3.23. The van der Waals surface area contributed by atoms with E-state index in [9.17, 15) is 9.59 Å². The number of hydrogen-bond donors (Lipinski definition) is 2. The van der Waals surface area contributed by atoms with Crippen molar-refractivity contribution >= 4 is 35.4 Å². The SMILES string of the molecule is CCN(CC)C(=O)NC(=NC(=NC1CCC(N=C(N=C(NC(=O)N(CC)CC)c2ccccc2)c2ccccc2)CC1)c1ccccc1)c1ccccc1. The molecule has 4 aromatic rings. The van der Waals surface area contributed by atoms with Crippen molar-refractivity contribution in [1.82, 2.24) is 20.4 Å². The van der Waals surface area contributed by atoms with Crippen LogP contribution in [-0.4, -0.2) is 83.5 Å². The third kappa shape index (κ3) is 11.1. The number of urea groups is 2. The highest BCUT2D eigenvalue weighted by atomic mass is 16.2. The van der Waals surface area contributed by atoms with Gasteiger partial charge in [-0.1, -0.05) is 121 Å². The van der Waals surface area contributed by atoms with Crippen LogP contribution < -0.4 is 10.6 Å². The van der Waals surface area contributed by atoms with E-state index in [1.165, 1.54) is 0 Å². The number of carbonyl (C=O) groups excluding carboxylic acids is 2. The third-order valence-electron chi connectivity index (χ3n) is 9.42. The summed E-state index contributed by atoms with van der Waals surface area (Å²) >= 11 is 0. The first-order valence-electron chi connectivity index (χ1n) is 19.1. The zero-order valence-electron chi connectivity index (χ0n) is 31.9. The lowest BCUT2D eigenvalue weighted by Gasteiger charge is -2.25. The van der Waals surface area contributed by atoms with Crippen molar-refractivity contribution in [3.8, 4) is 0 Å². The molecule has 0 aromatic heterocycles. The van der Waals surface area contributed by atoms with Crippen molar-refractivity contribution in [2.75, 3.05) is 26.2 Å². The predicted octanol–water partition coefficient (Wildman–Crippen LogP) is 8.19. The molecule has 1 aliphatic carbocycles. The molecule has 2 N–H and O–H groups in total. The van der Waals surface area contributed by atoms with Gasteiger partial charge in [-0.3, -0.25) is 20.6 Å². The van der Waals surface area contributed by atoms with Gasteiger partial charge in [0.15, 0.2) is 11.7 Å². The van der Waals surface area contributed by atoms with Gasteiger partial charge >= 0.3 is 12.1 Å². The topological polar surface area (TPSA) is 114 Å². The van der Waals surface area contributed by atoms with Gasteiger partial charge in [0.1, 0.15) is 11.7 Å². The average molecular weight is 725 g/mol. The van der Waals surface area contributed by atoms with Crippen molar-refractivity contribution in [2.24, 2.45) is 20.0 Å². The first-order chi connectivity index (χ1) is 26.4. The summed E-state index contributed by atoms with van der Waals surface area (Å²) in [4.78, 5) is 50.5. The number of hydrogen-bond acceptors (Lipinski definition) is 4. The number of aliphatic imine (C=N–C) groups is 4. The summed E-state index contributed by atoms with van der Waals surface area (Å²) in [5.41, 5.74) is 3.36. The number of amidine groups is 4. The van der Waals surface area contributed by atoms with Crippen LogP contribution in [-0.2, 0) is 0 Å². The highest BCUT2D eigenvalue weighted by molar-refractivity contribution is 6.16. The third-order valence-corrected chi connectivity index (χ3v) is 9.42. The number of nitrogens with zero attached hydrogens (tertiary/aromatic N) is 6. The molecule has 1 fully saturated rings. The highest BCUT2D eigenvalue weighted by Crippen LogP contribution is 2.26. The molecule has 0 heterocycles. The fourth-order valence-corrected chi connectivity index (χ4v) is 6.29. The van der Waals surface area contributed by atoms with Crippen LogP contribution in [0.5, 0.6) is 0 Å². The summed E-state index contributed by atoms with van der Waals surface area (Å²) in [7, 11) is 0. The van der Waals surface area contributed by atoms with Gasteiger partial charge in [-0.25, -0.2) is 19.6 Å². The second-order valence-corrected chi connectivity index (χ2v) is 13.0. The van der Waals surface area contributed by atoms with E-state index in [0.717, 1.165) is 47.9 Å². The maximum absolute atomic E-state index is 13.2. The maximum Gasteiger partial charge on any atom is 0.323 e. The molecule has 5 rings (SSSR count). The molecule has 4 amide bonds. The second-order valence-electron chi connectivity index (χ2n) is 13.0. The molecule has 1 aliphatic rings. The lowest BCUT2D eigenvalue weighted by molar-refractivity contribution is 0.207. The maximum atomic E-state index is 13.2. The summed E-state index contributed by atoms with van der Waals surface area (Å²) in [5.74, 6) is 2.07. The van der Waals surface area contributed by atoms with E-state index in [1.54, 1.807) is 9.80 Å². The van der Waals surface area contributed by atoms with E-state index in [-0.39, 0.29) is 24.1 Å². The summed E-state index contributed by atoms with van der Waals surface area (Å²) in [5, 5.41) is 6.13. The highest BCUT2D eigenvalue weighted by Gasteiger charge is 2.23. The van der Waals surface area contributed by atoms with Gasteiger partial charge in [0.05, 0.1) is 12.1 Å². The van der Waals surface area contributed by atoms with Gasteiger partial charge in [0, 0.05) is 48.4 Å². The van der Waals surface area contributed by atoms with Crippen LogP contribution in [0, 0.1) is 0 Å². The van der Waals surface area contributed by atoms with Crippen LogP contribution in [0.1, 0.15) is 75.6 Å². The Bertz CT molecular complexity index is 1750. The molecule has 0 atom stereocenters. The smallest absolute Gasteiger partial charge is 0.323 e. The molecule has 10 nitrogen and oxygen atoms in total. The molecule has 4 aromatic carbocycles. The number of amides is 4. The van der Waals surface area contributed by atoms with Crippen molar-refractivity contribution in [3.63, 3.8) is 0 Å². The summed E-state index contributed by atoms with van der Waals surface area (Å²) in [6, 6.07) is 38.9. The van der Waals surface area contributed by atoms with Gasteiger partial charge in [-0.2, -0.15) is 0 Å². The number of rotatable bonds is 10. The largest absolute Gasteiger partial charge is 0.325 e. The lowest BCUT2D eigenvalue weighted by atomic mass is 9.91. The van der Waals surface area contributed by atoms with Crippen LogP contribution in [0.3, 0.4) is 0 Å². The monoisotopic (exact) mass is 724 g/mol. The van der Waals surface area contributed by atoms with Crippen LogP contribution >= 0.6 is 0 Å². The van der Waals surface area contributed by atoms with Gasteiger partial charge in [-0.15, -0.1) is 0 Å². The molecular weight excluding hydrogens is 673 g/mol. The van der Waals surface area contributed by atoms with Crippen LogP contribution in [0.2, 0.25) is 0 Å². The molecule has 280 valence electrons. The Hall–Kier alpha value is -5.90. The standard InChI is InChI=1S/C44H52N8O2/c1-5-51(6-2)43(53)49-41(35-25-17-11-18-26-35)47-39(33-21-13-9-14-22-33)45-37-29-31-38(32-30-37)46-40(34-23-15-10-16-24-34)48-42(36-27-19-12-20-28-36)50-44(54)52(7-3)8-4/h9-28,37-38H,5-8,29-32H2,1-4H3,(H,45,47,49,53)(H,46,48,50,54). The molecule has 0 saturated heterocycles. The second kappa shape index (κ2) is 20.4. The molecule has 10 heteroatoms. The molecule has 0 spiro atoms. The lowest BCUT2D eigenvalue weighted by Crippen LogP contribution is -2.43. The minimum Gasteiger partial charge on any atom is -0.325 e. The minimum atomic E-state index is -0.201. The Kier molecular flexibility index (Phi) is 14.8. The number of nitrogens with one attached hydrogen (secondary N) is 2. The van der Waals surface area contributed by atoms with E-state index < -0.39 is 0 Å².